The smallest absolute Gasteiger partial charge is 0.0972 e. The van der Waals surface area contributed by atoms with Gasteiger partial charge in [-0.1, -0.05) is 206 Å². The average Bonchev–Trinajstić information content (AvgIpc) is 3.35. The molecule has 2 heterocycles. The number of pyridine rings is 2. The molecule has 62 heavy (non-hydrogen) atoms. The minimum atomic E-state index is 0.910. The Kier molecular flexibility index (Phi) is 8.53. The van der Waals surface area contributed by atoms with Crippen LogP contribution >= 0.6 is 0 Å². The van der Waals surface area contributed by atoms with Crippen LogP contribution in [0.3, 0.4) is 0 Å². The van der Waals surface area contributed by atoms with Crippen LogP contribution in [-0.4, -0.2) is 9.97 Å². The standard InChI is InChI=1S/C60H38N2/c1-4-15-39(16-5-1)55-35-30-42-27-28-43-31-36-56(62-60(43)59(42)61-55)46-22-14-21-44(37-46)47-33-34-48(50-24-11-10-23-49(47)50)45-29-32-53-54(38-45)58(41-19-8-3-9-20-41)52-26-13-12-25-51(52)57(53)40-17-6-2-7-18-40/h1-38H. The maximum atomic E-state index is 5.29. The molecule has 0 unspecified atom stereocenters. The Morgan fingerprint density at radius 3 is 1.19 bits per heavy atom. The lowest BCUT2D eigenvalue weighted by atomic mass is 9.84. The van der Waals surface area contributed by atoms with E-state index in [9.17, 15) is 0 Å². The first-order valence-electron chi connectivity index (χ1n) is 21.2. The molecule has 0 saturated carbocycles. The van der Waals surface area contributed by atoms with Crippen LogP contribution in [0.25, 0.3) is 121 Å². The summed E-state index contributed by atoms with van der Waals surface area (Å²) < 4.78 is 0. The summed E-state index contributed by atoms with van der Waals surface area (Å²) in [5.74, 6) is 0. The van der Waals surface area contributed by atoms with Crippen molar-refractivity contribution in [3.63, 3.8) is 0 Å². The number of fused-ring (bicyclic) bond motifs is 6. The summed E-state index contributed by atoms with van der Waals surface area (Å²) in [7, 11) is 0. The zero-order chi connectivity index (χ0) is 41.0. The normalized spacial score (nSPS) is 11.5. The van der Waals surface area contributed by atoms with Crippen molar-refractivity contribution in [3.05, 3.63) is 231 Å². The molecule has 0 aliphatic heterocycles. The van der Waals surface area contributed by atoms with Gasteiger partial charge in [0.25, 0.3) is 0 Å². The molecule has 12 rings (SSSR count). The lowest BCUT2D eigenvalue weighted by molar-refractivity contribution is 1.36. The van der Waals surface area contributed by atoms with Gasteiger partial charge in [-0.05, 0) is 101 Å². The van der Waals surface area contributed by atoms with E-state index in [1.807, 2.05) is 6.07 Å². The minimum absolute atomic E-state index is 0.910. The van der Waals surface area contributed by atoms with E-state index in [0.717, 1.165) is 49.9 Å². The molecule has 0 radical (unpaired) electrons. The van der Waals surface area contributed by atoms with E-state index in [-0.39, 0.29) is 0 Å². The molecule has 0 aliphatic rings. The summed E-state index contributed by atoms with van der Waals surface area (Å²) in [5, 5.41) is 9.59. The molecule has 0 bridgehead atoms. The first-order chi connectivity index (χ1) is 30.7. The highest BCUT2D eigenvalue weighted by Crippen LogP contribution is 2.46. The molecule has 10 aromatic carbocycles. The van der Waals surface area contributed by atoms with E-state index in [1.165, 1.54) is 71.3 Å². The van der Waals surface area contributed by atoms with Gasteiger partial charge >= 0.3 is 0 Å². The van der Waals surface area contributed by atoms with Gasteiger partial charge in [0.15, 0.2) is 0 Å². The summed E-state index contributed by atoms with van der Waals surface area (Å²) in [4.78, 5) is 10.4. The third-order valence-electron chi connectivity index (χ3n) is 12.4. The van der Waals surface area contributed by atoms with Gasteiger partial charge in [-0.15, -0.1) is 0 Å². The first kappa shape index (κ1) is 35.7. The van der Waals surface area contributed by atoms with Crippen LogP contribution < -0.4 is 0 Å². The van der Waals surface area contributed by atoms with E-state index >= 15 is 0 Å². The van der Waals surface area contributed by atoms with Crippen LogP contribution in [0.2, 0.25) is 0 Å². The second-order valence-electron chi connectivity index (χ2n) is 16.0. The molecular weight excluding hydrogens is 749 g/mol. The van der Waals surface area contributed by atoms with E-state index in [4.69, 9.17) is 9.97 Å². The van der Waals surface area contributed by atoms with Crippen molar-refractivity contribution < 1.29 is 0 Å². The maximum absolute atomic E-state index is 5.29. The molecule has 2 nitrogen and oxygen atoms in total. The summed E-state index contributed by atoms with van der Waals surface area (Å²) in [6.07, 6.45) is 0. The zero-order valence-electron chi connectivity index (χ0n) is 33.8. The second-order valence-corrected chi connectivity index (χ2v) is 16.0. The zero-order valence-corrected chi connectivity index (χ0v) is 33.8. The Balaban J connectivity index is 0.996. The van der Waals surface area contributed by atoms with Crippen molar-refractivity contribution in [3.8, 4) is 67.0 Å². The van der Waals surface area contributed by atoms with Crippen molar-refractivity contribution in [1.82, 2.24) is 9.97 Å². The summed E-state index contributed by atoms with van der Waals surface area (Å²) in [6.45, 7) is 0. The van der Waals surface area contributed by atoms with Crippen molar-refractivity contribution >= 4 is 54.1 Å². The van der Waals surface area contributed by atoms with E-state index < -0.39 is 0 Å². The summed E-state index contributed by atoms with van der Waals surface area (Å²) in [6, 6.07) is 83.1. The second kappa shape index (κ2) is 14.8. The van der Waals surface area contributed by atoms with E-state index in [1.54, 1.807) is 0 Å². The van der Waals surface area contributed by atoms with Crippen LogP contribution in [0.5, 0.6) is 0 Å². The highest BCUT2D eigenvalue weighted by atomic mass is 14.8. The number of hydrogen-bond donors (Lipinski definition) is 0. The van der Waals surface area contributed by atoms with Gasteiger partial charge in [0, 0.05) is 21.9 Å². The molecule has 12 aromatic rings. The quantitative estimate of drug-likeness (QED) is 0.124. The molecule has 2 heteroatoms. The third kappa shape index (κ3) is 6.04. The number of rotatable bonds is 6. The fourth-order valence-corrected chi connectivity index (χ4v) is 9.52. The Morgan fingerprint density at radius 2 is 0.629 bits per heavy atom. The lowest BCUT2D eigenvalue weighted by Gasteiger charge is -2.19. The maximum Gasteiger partial charge on any atom is 0.0972 e. The Morgan fingerprint density at radius 1 is 0.226 bits per heavy atom. The lowest BCUT2D eigenvalue weighted by Crippen LogP contribution is -1.92. The molecule has 0 N–H and O–H groups in total. The van der Waals surface area contributed by atoms with Crippen LogP contribution in [0, 0.1) is 0 Å². The van der Waals surface area contributed by atoms with Gasteiger partial charge in [0.2, 0.25) is 0 Å². The van der Waals surface area contributed by atoms with Gasteiger partial charge < -0.3 is 0 Å². The van der Waals surface area contributed by atoms with Crippen LogP contribution in [0.1, 0.15) is 0 Å². The van der Waals surface area contributed by atoms with Crippen molar-refractivity contribution in [1.29, 1.82) is 0 Å². The molecule has 0 saturated heterocycles. The topological polar surface area (TPSA) is 25.8 Å². The van der Waals surface area contributed by atoms with Crippen LogP contribution in [0.15, 0.2) is 231 Å². The molecule has 288 valence electrons. The fourth-order valence-electron chi connectivity index (χ4n) is 9.52. The third-order valence-corrected chi connectivity index (χ3v) is 12.4. The van der Waals surface area contributed by atoms with E-state index in [2.05, 4.69) is 224 Å². The number of hydrogen-bond acceptors (Lipinski definition) is 2. The van der Waals surface area contributed by atoms with Crippen LogP contribution in [0.4, 0.5) is 0 Å². The van der Waals surface area contributed by atoms with Gasteiger partial charge in [0.05, 0.1) is 22.4 Å². The number of nitrogens with zero attached hydrogens (tertiary/aromatic N) is 2. The van der Waals surface area contributed by atoms with Crippen molar-refractivity contribution in [2.75, 3.05) is 0 Å². The van der Waals surface area contributed by atoms with Crippen LogP contribution in [-0.2, 0) is 0 Å². The molecule has 0 amide bonds. The van der Waals surface area contributed by atoms with Crippen molar-refractivity contribution in [2.45, 2.75) is 0 Å². The Bertz CT molecular complexity index is 3670. The summed E-state index contributed by atoms with van der Waals surface area (Å²) in [5.41, 5.74) is 15.6. The molecule has 0 atom stereocenters. The molecule has 0 fully saturated rings. The highest BCUT2D eigenvalue weighted by molar-refractivity contribution is 6.22. The predicted molar refractivity (Wildman–Crippen MR) is 262 cm³/mol. The molecule has 2 aromatic heterocycles. The number of benzene rings is 10. The highest BCUT2D eigenvalue weighted by Gasteiger charge is 2.19. The molecular formula is C60H38N2. The SMILES string of the molecule is c1ccc(-c2ccc3ccc4ccc(-c5cccc(-c6ccc(-c7ccc8c(-c9ccccc9)c9ccccc9c(-c9ccccc9)c8c7)c7ccccc67)c5)nc4c3n2)cc1. The average molecular weight is 787 g/mol. The monoisotopic (exact) mass is 786 g/mol. The first-order valence-corrected chi connectivity index (χ1v) is 21.2. The fraction of sp³-hybridized carbons (Fsp3) is 0. The summed E-state index contributed by atoms with van der Waals surface area (Å²) >= 11 is 0. The van der Waals surface area contributed by atoms with Crippen molar-refractivity contribution in [2.24, 2.45) is 0 Å². The Hall–Kier alpha value is -8.20. The van der Waals surface area contributed by atoms with E-state index in [0.29, 0.717) is 0 Å². The Labute approximate surface area is 360 Å². The minimum Gasteiger partial charge on any atom is -0.245 e. The van der Waals surface area contributed by atoms with Gasteiger partial charge in [-0.25, -0.2) is 9.97 Å². The molecule has 0 spiro atoms. The van der Waals surface area contributed by atoms with Gasteiger partial charge in [-0.3, -0.25) is 0 Å². The number of aromatic nitrogens is 2. The van der Waals surface area contributed by atoms with Gasteiger partial charge in [0.1, 0.15) is 0 Å². The largest absolute Gasteiger partial charge is 0.245 e. The van der Waals surface area contributed by atoms with Gasteiger partial charge in [-0.2, -0.15) is 0 Å². The predicted octanol–water partition coefficient (Wildman–Crippen LogP) is 16.2. The molecule has 0 aliphatic carbocycles.